The predicted molar refractivity (Wildman–Crippen MR) is 51.0 cm³/mol. The van der Waals surface area contributed by atoms with Crippen molar-refractivity contribution in [3.63, 3.8) is 0 Å². The van der Waals surface area contributed by atoms with Crippen LogP contribution in [-0.4, -0.2) is 11.1 Å². The van der Waals surface area contributed by atoms with Crippen molar-refractivity contribution in [2.45, 2.75) is 6.54 Å². The second-order valence-corrected chi connectivity index (χ2v) is 3.00. The predicted octanol–water partition coefficient (Wildman–Crippen LogP) is 1.74. The molecular weight excluding hydrogens is 167 g/mol. The molecule has 0 amide bonds. The number of nitrogens with two attached hydrogens (primary N) is 1. The first kappa shape index (κ1) is 8.26. The van der Waals surface area contributed by atoms with Crippen LogP contribution in [0.5, 0.6) is 0 Å². The van der Waals surface area contributed by atoms with E-state index in [1.54, 1.807) is 6.07 Å². The lowest BCUT2D eigenvalue weighted by Crippen LogP contribution is -2.08. The van der Waals surface area contributed by atoms with Gasteiger partial charge in [0.1, 0.15) is 5.82 Å². The Labute approximate surface area is 75.8 Å². The van der Waals surface area contributed by atoms with Crippen molar-refractivity contribution in [2.75, 3.05) is 6.54 Å². The summed E-state index contributed by atoms with van der Waals surface area (Å²) >= 11 is 0. The minimum atomic E-state index is -0.204. The monoisotopic (exact) mass is 178 g/mol. The number of benzene rings is 1. The molecule has 0 aliphatic heterocycles. The Balaban J connectivity index is 2.58. The van der Waals surface area contributed by atoms with E-state index in [0.29, 0.717) is 6.54 Å². The van der Waals surface area contributed by atoms with E-state index in [4.69, 9.17) is 5.73 Å². The van der Waals surface area contributed by atoms with E-state index < -0.39 is 0 Å². The fourth-order valence-corrected chi connectivity index (χ4v) is 1.49. The van der Waals surface area contributed by atoms with Gasteiger partial charge in [-0.15, -0.1) is 0 Å². The van der Waals surface area contributed by atoms with Gasteiger partial charge in [0.05, 0.1) is 5.52 Å². The molecule has 0 saturated heterocycles. The molecule has 13 heavy (non-hydrogen) atoms. The van der Waals surface area contributed by atoms with Crippen LogP contribution in [-0.2, 0) is 6.54 Å². The summed E-state index contributed by atoms with van der Waals surface area (Å²) in [5.41, 5.74) is 6.34. The van der Waals surface area contributed by atoms with E-state index in [0.717, 1.165) is 17.4 Å². The lowest BCUT2D eigenvalue weighted by molar-refractivity contribution is 0.627. The molecule has 0 aliphatic carbocycles. The molecular formula is C10H11FN2. The quantitative estimate of drug-likeness (QED) is 0.746. The summed E-state index contributed by atoms with van der Waals surface area (Å²) in [5, 5.41) is 1.05. The van der Waals surface area contributed by atoms with Crippen molar-refractivity contribution in [3.05, 3.63) is 36.3 Å². The van der Waals surface area contributed by atoms with Gasteiger partial charge >= 0.3 is 0 Å². The zero-order valence-electron chi connectivity index (χ0n) is 7.20. The first-order valence-electron chi connectivity index (χ1n) is 4.26. The molecule has 2 N–H and O–H groups in total. The van der Waals surface area contributed by atoms with Gasteiger partial charge < -0.3 is 10.3 Å². The third-order valence-electron chi connectivity index (χ3n) is 2.11. The summed E-state index contributed by atoms with van der Waals surface area (Å²) in [6.07, 6.45) is 1.93. The van der Waals surface area contributed by atoms with Crippen molar-refractivity contribution in [2.24, 2.45) is 5.73 Å². The molecule has 2 nitrogen and oxygen atoms in total. The van der Waals surface area contributed by atoms with Crippen LogP contribution in [0.1, 0.15) is 0 Å². The average molecular weight is 178 g/mol. The summed E-state index contributed by atoms with van der Waals surface area (Å²) in [4.78, 5) is 0. The molecule has 1 aromatic heterocycles. The normalized spacial score (nSPS) is 10.9. The van der Waals surface area contributed by atoms with Crippen LogP contribution in [0.25, 0.3) is 10.9 Å². The standard InChI is InChI=1S/C10H11FN2/c11-9-2-1-8-3-5-13(6-4-12)10(8)7-9/h1-3,5,7H,4,6,12H2. The van der Waals surface area contributed by atoms with Crippen molar-refractivity contribution in [3.8, 4) is 0 Å². The Morgan fingerprint density at radius 2 is 2.15 bits per heavy atom. The molecule has 68 valence electrons. The molecule has 0 spiro atoms. The van der Waals surface area contributed by atoms with Crippen LogP contribution in [0.4, 0.5) is 4.39 Å². The number of halogens is 1. The van der Waals surface area contributed by atoms with Gasteiger partial charge in [-0.2, -0.15) is 0 Å². The minimum absolute atomic E-state index is 0.204. The molecule has 0 atom stereocenters. The van der Waals surface area contributed by atoms with E-state index in [1.165, 1.54) is 12.1 Å². The number of hydrogen-bond acceptors (Lipinski definition) is 1. The maximum Gasteiger partial charge on any atom is 0.125 e. The molecule has 0 fully saturated rings. The molecule has 2 rings (SSSR count). The fraction of sp³-hybridized carbons (Fsp3) is 0.200. The van der Waals surface area contributed by atoms with Crippen LogP contribution < -0.4 is 5.73 Å². The third-order valence-corrected chi connectivity index (χ3v) is 2.11. The van der Waals surface area contributed by atoms with Gasteiger partial charge in [-0.3, -0.25) is 0 Å². The second-order valence-electron chi connectivity index (χ2n) is 3.00. The number of hydrogen-bond donors (Lipinski definition) is 1. The maximum absolute atomic E-state index is 12.9. The van der Waals surface area contributed by atoms with Gasteiger partial charge in [0, 0.05) is 19.3 Å². The van der Waals surface area contributed by atoms with Gasteiger partial charge in [0.25, 0.3) is 0 Å². The highest BCUT2D eigenvalue weighted by Gasteiger charge is 2.00. The Hall–Kier alpha value is -1.35. The largest absolute Gasteiger partial charge is 0.346 e. The molecule has 1 aromatic carbocycles. The molecule has 0 aliphatic rings. The topological polar surface area (TPSA) is 30.9 Å². The molecule has 0 unspecified atom stereocenters. The van der Waals surface area contributed by atoms with Crippen LogP contribution in [0.2, 0.25) is 0 Å². The summed E-state index contributed by atoms with van der Waals surface area (Å²) < 4.78 is 14.8. The Morgan fingerprint density at radius 1 is 1.31 bits per heavy atom. The molecule has 0 radical (unpaired) electrons. The third kappa shape index (κ3) is 1.42. The first-order chi connectivity index (χ1) is 6.31. The summed E-state index contributed by atoms with van der Waals surface area (Å²) in [5.74, 6) is -0.204. The van der Waals surface area contributed by atoms with E-state index in [-0.39, 0.29) is 5.82 Å². The minimum Gasteiger partial charge on any atom is -0.346 e. The Kier molecular flexibility index (Phi) is 2.02. The van der Waals surface area contributed by atoms with Crippen molar-refractivity contribution >= 4 is 10.9 Å². The number of nitrogens with zero attached hydrogens (tertiary/aromatic N) is 1. The molecule has 0 saturated carbocycles. The lowest BCUT2D eigenvalue weighted by atomic mass is 10.2. The van der Waals surface area contributed by atoms with Crippen LogP contribution in [0, 0.1) is 5.82 Å². The Morgan fingerprint density at radius 3 is 2.92 bits per heavy atom. The van der Waals surface area contributed by atoms with Crippen molar-refractivity contribution < 1.29 is 4.39 Å². The highest BCUT2D eigenvalue weighted by Crippen LogP contribution is 2.16. The second kappa shape index (κ2) is 3.18. The van der Waals surface area contributed by atoms with Gasteiger partial charge in [0.2, 0.25) is 0 Å². The summed E-state index contributed by atoms with van der Waals surface area (Å²) in [6, 6.07) is 6.74. The lowest BCUT2D eigenvalue weighted by Gasteiger charge is -2.01. The van der Waals surface area contributed by atoms with E-state index in [2.05, 4.69) is 0 Å². The van der Waals surface area contributed by atoms with Gasteiger partial charge in [-0.05, 0) is 29.7 Å². The first-order valence-corrected chi connectivity index (χ1v) is 4.26. The maximum atomic E-state index is 12.9. The smallest absolute Gasteiger partial charge is 0.125 e. The number of fused-ring (bicyclic) bond motifs is 1. The highest BCUT2D eigenvalue weighted by atomic mass is 19.1. The van der Waals surface area contributed by atoms with Crippen molar-refractivity contribution in [1.82, 2.24) is 4.57 Å². The van der Waals surface area contributed by atoms with Crippen molar-refractivity contribution in [1.29, 1.82) is 0 Å². The zero-order chi connectivity index (χ0) is 9.26. The van der Waals surface area contributed by atoms with Gasteiger partial charge in [-0.25, -0.2) is 4.39 Å². The molecule has 3 heteroatoms. The molecule has 2 aromatic rings. The number of rotatable bonds is 2. The summed E-state index contributed by atoms with van der Waals surface area (Å²) in [6.45, 7) is 1.30. The van der Waals surface area contributed by atoms with Crippen LogP contribution in [0.3, 0.4) is 0 Å². The van der Waals surface area contributed by atoms with Gasteiger partial charge in [-0.1, -0.05) is 0 Å². The van der Waals surface area contributed by atoms with Crippen LogP contribution >= 0.6 is 0 Å². The van der Waals surface area contributed by atoms with Crippen LogP contribution in [0.15, 0.2) is 30.5 Å². The zero-order valence-corrected chi connectivity index (χ0v) is 7.20. The Bertz CT molecular complexity index is 420. The van der Waals surface area contributed by atoms with E-state index >= 15 is 0 Å². The highest BCUT2D eigenvalue weighted by molar-refractivity contribution is 5.80. The SMILES string of the molecule is NCCn1ccc2ccc(F)cc21. The van der Waals surface area contributed by atoms with E-state index in [1.807, 2.05) is 16.8 Å². The summed E-state index contributed by atoms with van der Waals surface area (Å²) in [7, 11) is 0. The average Bonchev–Trinajstić information content (AvgIpc) is 2.49. The van der Waals surface area contributed by atoms with Gasteiger partial charge in [0.15, 0.2) is 0 Å². The van der Waals surface area contributed by atoms with E-state index in [9.17, 15) is 4.39 Å². The molecule has 0 bridgehead atoms. The molecule has 1 heterocycles. The number of aromatic nitrogens is 1. The fourth-order valence-electron chi connectivity index (χ4n) is 1.49.